The Morgan fingerprint density at radius 3 is 2.23 bits per heavy atom. The molecular weight excluding hydrogens is 1020 g/mol. The number of aryl methyl sites for hydroxylation is 1. The number of benzene rings is 1. The number of aromatic nitrogens is 4. The second-order valence-corrected chi connectivity index (χ2v) is 21.9. The average Bonchev–Trinajstić information content (AvgIpc) is 4.01. The normalized spacial score (nSPS) is 16.3. The van der Waals surface area contributed by atoms with Crippen LogP contribution in [0, 0.1) is 18.3 Å². The number of carbonyl (C=O) groups excluding carboxylic acids is 4. The third-order valence-electron chi connectivity index (χ3n) is 13.8. The second kappa shape index (κ2) is 29.9. The van der Waals surface area contributed by atoms with Crippen LogP contribution in [0.15, 0.2) is 84.9 Å². The number of hydrogen-bond donors (Lipinski definition) is 3. The Morgan fingerprint density at radius 1 is 0.872 bits per heavy atom. The highest BCUT2D eigenvalue weighted by Crippen LogP contribution is 2.35. The van der Waals surface area contributed by atoms with E-state index in [0.29, 0.717) is 82.4 Å². The predicted molar refractivity (Wildman–Crippen MR) is 297 cm³/mol. The molecule has 0 radical (unpaired) electrons. The van der Waals surface area contributed by atoms with Gasteiger partial charge in [0.2, 0.25) is 5.91 Å². The topological polar surface area (TPSA) is 214 Å². The molecule has 19 heteroatoms. The van der Waals surface area contributed by atoms with Gasteiger partial charge in [0.15, 0.2) is 23.5 Å². The Kier molecular flexibility index (Phi) is 22.9. The monoisotopic (exact) mass is 1090 g/mol. The summed E-state index contributed by atoms with van der Waals surface area (Å²) in [6.07, 6.45) is 5.51. The number of anilines is 1. The fourth-order valence-electron chi connectivity index (χ4n) is 9.12. The number of amides is 1. The molecular formula is C59H76FN7O10S. The number of ether oxygens (including phenoxy) is 5. The lowest BCUT2D eigenvalue weighted by Gasteiger charge is -2.35. The van der Waals surface area contributed by atoms with Gasteiger partial charge in [0.05, 0.1) is 92.2 Å². The van der Waals surface area contributed by atoms with Crippen LogP contribution in [0.3, 0.4) is 0 Å². The van der Waals surface area contributed by atoms with Gasteiger partial charge in [-0.25, -0.2) is 9.37 Å². The number of alkyl halides is 1. The number of fused-ring (bicyclic) bond motifs is 1. The maximum atomic E-state index is 14.9. The summed E-state index contributed by atoms with van der Waals surface area (Å²) >= 11 is 1.61. The fourth-order valence-corrected chi connectivity index (χ4v) is 9.94. The van der Waals surface area contributed by atoms with Crippen LogP contribution in [0.1, 0.15) is 105 Å². The van der Waals surface area contributed by atoms with E-state index in [1.807, 2.05) is 57.5 Å². The molecule has 0 bridgehead atoms. The van der Waals surface area contributed by atoms with Crippen molar-refractivity contribution in [1.82, 2.24) is 30.2 Å². The zero-order chi connectivity index (χ0) is 55.4. The van der Waals surface area contributed by atoms with Crippen LogP contribution in [0.5, 0.6) is 0 Å². The van der Waals surface area contributed by atoms with Crippen LogP contribution in [0.2, 0.25) is 0 Å². The summed E-state index contributed by atoms with van der Waals surface area (Å²) in [6.45, 7) is 15.3. The molecule has 0 spiro atoms. The number of likely N-dealkylation sites (tertiary alicyclic amines) is 1. The largest absolute Gasteiger partial charge is 0.391 e. The molecule has 5 aromatic rings. The number of ketones is 3. The highest BCUT2D eigenvalue weighted by molar-refractivity contribution is 7.13. The summed E-state index contributed by atoms with van der Waals surface area (Å²) < 4.78 is 42.8. The molecule has 17 nitrogen and oxygen atoms in total. The van der Waals surface area contributed by atoms with Gasteiger partial charge in [-0.2, -0.15) is 0 Å². The number of aliphatic hydroxyl groups excluding tert-OH is 1. The van der Waals surface area contributed by atoms with E-state index >= 15 is 0 Å². The Balaban J connectivity index is 0.678. The Hall–Kier alpha value is -5.93. The second-order valence-electron chi connectivity index (χ2n) is 21.1. The number of nitrogens with one attached hydrogen (secondary N) is 2. The molecule has 1 aliphatic carbocycles. The van der Waals surface area contributed by atoms with Gasteiger partial charge in [0, 0.05) is 111 Å². The zero-order valence-corrected chi connectivity index (χ0v) is 46.3. The van der Waals surface area contributed by atoms with E-state index in [4.69, 9.17) is 28.7 Å². The Labute approximate surface area is 461 Å². The van der Waals surface area contributed by atoms with Crippen molar-refractivity contribution < 1.29 is 52.4 Å². The van der Waals surface area contributed by atoms with Crippen molar-refractivity contribution in [2.75, 3.05) is 77.9 Å². The molecule has 1 amide bonds. The minimum Gasteiger partial charge on any atom is -0.391 e. The van der Waals surface area contributed by atoms with Crippen LogP contribution in [0.25, 0.3) is 21.3 Å². The van der Waals surface area contributed by atoms with Gasteiger partial charge in [-0.3, -0.25) is 34.1 Å². The number of Topliss-reactive ketones (excluding diaryl/α,β-unsaturated/α-hetero) is 3. The lowest BCUT2D eigenvalue weighted by atomic mass is 9.77. The maximum absolute atomic E-state index is 14.9. The third kappa shape index (κ3) is 18.6. The molecule has 2 fully saturated rings. The zero-order valence-electron chi connectivity index (χ0n) is 45.5. The molecule has 5 heterocycles. The van der Waals surface area contributed by atoms with Crippen LogP contribution in [-0.2, 0) is 51.0 Å². The van der Waals surface area contributed by atoms with Crippen LogP contribution >= 0.6 is 11.3 Å². The first-order valence-corrected chi connectivity index (χ1v) is 28.0. The number of halogens is 1. The van der Waals surface area contributed by atoms with Gasteiger partial charge in [-0.1, -0.05) is 51.6 Å². The SMILES string of the molecule is C=C(NCc1ccc(-c2scnc2C)cc1)[C@@H]1C[C@@H](O)CN1C(=O)[C@@H](CC(=O)COCCOCCOCCOCCOCCCC(=O)C(F)CCC(=O)c1cnc(Cc2ccc3cnccc3n2)cc1NC1CC1)C(C)(C)C. The van der Waals surface area contributed by atoms with Crippen molar-refractivity contribution in [1.29, 1.82) is 0 Å². The van der Waals surface area contributed by atoms with E-state index < -0.39 is 35.4 Å². The molecule has 4 atom stereocenters. The number of pyridine rings is 3. The van der Waals surface area contributed by atoms with E-state index in [-0.39, 0.29) is 82.2 Å². The molecule has 1 saturated carbocycles. The van der Waals surface area contributed by atoms with E-state index in [2.05, 4.69) is 56.4 Å². The van der Waals surface area contributed by atoms with Crippen molar-refractivity contribution >= 4 is 51.2 Å². The number of thiazole rings is 1. The predicted octanol–water partition coefficient (Wildman–Crippen LogP) is 8.24. The van der Waals surface area contributed by atoms with Crippen molar-refractivity contribution in [3.8, 4) is 10.4 Å². The van der Waals surface area contributed by atoms with Gasteiger partial charge in [0.25, 0.3) is 0 Å². The van der Waals surface area contributed by atoms with Crippen LogP contribution in [0.4, 0.5) is 10.1 Å². The van der Waals surface area contributed by atoms with E-state index in [1.54, 1.807) is 34.8 Å². The molecule has 78 heavy (non-hydrogen) atoms. The maximum Gasteiger partial charge on any atom is 0.227 e. The summed E-state index contributed by atoms with van der Waals surface area (Å²) in [5.41, 5.74) is 8.64. The number of nitrogens with zero attached hydrogens (tertiary/aromatic N) is 5. The van der Waals surface area contributed by atoms with Gasteiger partial charge in [0.1, 0.15) is 6.61 Å². The molecule has 420 valence electrons. The summed E-state index contributed by atoms with van der Waals surface area (Å²) in [6, 6.07) is 15.8. The smallest absolute Gasteiger partial charge is 0.227 e. The summed E-state index contributed by atoms with van der Waals surface area (Å²) in [5.74, 6) is -1.82. The molecule has 1 aliphatic heterocycles. The van der Waals surface area contributed by atoms with Gasteiger partial charge in [-0.05, 0) is 73.4 Å². The van der Waals surface area contributed by atoms with Gasteiger partial charge >= 0.3 is 0 Å². The van der Waals surface area contributed by atoms with Crippen molar-refractivity contribution in [3.63, 3.8) is 0 Å². The quantitative estimate of drug-likeness (QED) is 0.0257. The number of β-amino-alcohol motifs (C(OH)–C–C–N with tert-alkyl or cyclic N) is 1. The lowest BCUT2D eigenvalue weighted by molar-refractivity contribution is -0.143. The summed E-state index contributed by atoms with van der Waals surface area (Å²) in [5, 5.41) is 18.4. The molecule has 7 rings (SSSR count). The first kappa shape index (κ1) is 59.7. The van der Waals surface area contributed by atoms with Gasteiger partial charge in [-0.15, -0.1) is 11.3 Å². The van der Waals surface area contributed by atoms with E-state index in [9.17, 15) is 28.7 Å². The van der Waals surface area contributed by atoms with Crippen molar-refractivity contribution in [3.05, 3.63) is 113 Å². The molecule has 1 saturated heterocycles. The Morgan fingerprint density at radius 2 is 1.56 bits per heavy atom. The summed E-state index contributed by atoms with van der Waals surface area (Å²) in [4.78, 5) is 73.6. The first-order valence-electron chi connectivity index (χ1n) is 27.1. The van der Waals surface area contributed by atoms with Crippen LogP contribution < -0.4 is 10.6 Å². The van der Waals surface area contributed by atoms with E-state index in [1.165, 1.54) is 0 Å². The third-order valence-corrected chi connectivity index (χ3v) is 14.7. The highest BCUT2D eigenvalue weighted by Gasteiger charge is 2.43. The van der Waals surface area contributed by atoms with Crippen molar-refractivity contribution in [2.24, 2.45) is 11.3 Å². The van der Waals surface area contributed by atoms with Gasteiger partial charge < -0.3 is 44.3 Å². The number of rotatable bonds is 35. The number of aliphatic hydroxyl groups is 1. The minimum atomic E-state index is -1.74. The summed E-state index contributed by atoms with van der Waals surface area (Å²) in [7, 11) is 0. The molecule has 1 unspecified atom stereocenters. The number of hydrogen-bond acceptors (Lipinski definition) is 17. The standard InChI is InChI=1S/C59H76FN7O10S/c1-39(62-33-41-8-10-42(11-9-41)57-40(2)64-38-78-57)54-32-47(68)36-67(54)58(72)50(59(3,4)5)31-48(69)37-77-28-27-76-26-25-75-24-23-74-22-21-73-20-6-7-56(71)51(60)16-17-55(70)49-35-63-46(30-53(49)65-44-14-15-44)29-45-13-12-43-34-61-19-18-52(43)66-45/h8-13,18-19,30,34-35,38,44,47,50-51,54,62,68H,1,6-7,14-17,20-29,31-33,36-37H2,2-5H3,(H,63,65)/t47-,50-,51?,54+/m1/s1. The number of carbonyl (C=O) groups is 4. The highest BCUT2D eigenvalue weighted by atomic mass is 32.1. The average molecular weight is 1090 g/mol. The molecule has 3 N–H and O–H groups in total. The lowest BCUT2D eigenvalue weighted by Crippen LogP contribution is -2.46. The Bertz CT molecular complexity index is 2770. The first-order chi connectivity index (χ1) is 37.6. The molecule has 4 aromatic heterocycles. The molecule has 2 aliphatic rings. The van der Waals surface area contributed by atoms with E-state index in [0.717, 1.165) is 56.8 Å². The minimum absolute atomic E-state index is 0.00560. The van der Waals surface area contributed by atoms with Crippen molar-refractivity contribution in [2.45, 2.75) is 116 Å². The van der Waals surface area contributed by atoms with Crippen LogP contribution in [-0.4, -0.2) is 150 Å². The fraction of sp³-hybridized carbons (Fsp3) is 0.525. The molecule has 1 aromatic carbocycles.